The van der Waals surface area contributed by atoms with Crippen molar-refractivity contribution in [2.24, 2.45) is 17.2 Å². The first-order valence-corrected chi connectivity index (χ1v) is 6.02. The Labute approximate surface area is 129 Å². The number of rotatable bonds is 6. The third kappa shape index (κ3) is 10.5. The molecule has 1 aromatic carbocycles. The predicted molar refractivity (Wildman–Crippen MR) is 73.5 cm³/mol. The monoisotopic (exact) mass is 330 g/mol. The minimum absolute atomic E-state index is 0. The second kappa shape index (κ2) is 12.6. The number of carbonyl (C=O) groups excluding carboxylic acids is 1. The molecule has 0 spiro atoms. The summed E-state index contributed by atoms with van der Waals surface area (Å²) in [4.78, 5) is 20.6. The van der Waals surface area contributed by atoms with E-state index < -0.39 is 12.0 Å². The molecule has 7 heteroatoms. The maximum absolute atomic E-state index is 10.4. The number of nitrogens with two attached hydrogens (primary N) is 3. The van der Waals surface area contributed by atoms with Crippen LogP contribution in [0.3, 0.4) is 0 Å². The Morgan fingerprint density at radius 2 is 1.70 bits per heavy atom. The van der Waals surface area contributed by atoms with Gasteiger partial charge in [0.1, 0.15) is 6.04 Å². The van der Waals surface area contributed by atoms with E-state index in [2.05, 4.69) is 0 Å². The summed E-state index contributed by atoms with van der Waals surface area (Å²) in [5.74, 6) is -1.31. The Bertz CT molecular complexity index is 388. The van der Waals surface area contributed by atoms with Crippen molar-refractivity contribution in [3.05, 3.63) is 35.9 Å². The Balaban J connectivity index is 0. The van der Waals surface area contributed by atoms with Gasteiger partial charge < -0.3 is 22.3 Å². The summed E-state index contributed by atoms with van der Waals surface area (Å²) in [5.41, 5.74) is 15.9. The molecule has 0 aliphatic carbocycles. The van der Waals surface area contributed by atoms with Gasteiger partial charge in [0, 0.05) is 22.6 Å². The number of aliphatic carboxylic acids is 1. The van der Waals surface area contributed by atoms with Gasteiger partial charge in [0.15, 0.2) is 0 Å². The van der Waals surface area contributed by atoms with Crippen LogP contribution in [0.15, 0.2) is 30.3 Å². The van der Waals surface area contributed by atoms with E-state index in [4.69, 9.17) is 22.3 Å². The summed E-state index contributed by atoms with van der Waals surface area (Å²) >= 11 is 0. The molecule has 20 heavy (non-hydrogen) atoms. The Morgan fingerprint density at radius 1 is 1.15 bits per heavy atom. The van der Waals surface area contributed by atoms with Crippen molar-refractivity contribution >= 4 is 11.9 Å². The summed E-state index contributed by atoms with van der Waals surface area (Å²) < 4.78 is 0. The van der Waals surface area contributed by atoms with Gasteiger partial charge in [-0.05, 0) is 31.5 Å². The molecule has 0 heterocycles. The third-order valence-electron chi connectivity index (χ3n) is 2.34. The van der Waals surface area contributed by atoms with Gasteiger partial charge in [-0.1, -0.05) is 24.6 Å². The van der Waals surface area contributed by atoms with Crippen LogP contribution in [0, 0.1) is 0 Å². The van der Waals surface area contributed by atoms with Crippen molar-refractivity contribution in [3.63, 3.8) is 0 Å². The van der Waals surface area contributed by atoms with Gasteiger partial charge in [-0.15, -0.1) is 0 Å². The number of hydrogen-bond donors (Lipinski definition) is 4. The zero-order valence-electron chi connectivity index (χ0n) is 11.1. The standard InChI is InChI=1S/C7H7NO.C6H14N2O2.Cu/c8-7(9)6-4-2-1-3-5-6;7-4-2-1-3-5(8)6(9)10;/h1-5H,(H2,8,9);5H,1-4,7-8H2,(H,9,10);/t;5-;/m.0./s1. The van der Waals surface area contributed by atoms with Gasteiger partial charge in [0.2, 0.25) is 5.91 Å². The minimum atomic E-state index is -0.933. The average Bonchev–Trinajstić information content (AvgIpc) is 2.40. The summed E-state index contributed by atoms with van der Waals surface area (Å²) in [5, 5.41) is 8.33. The SMILES string of the molecule is NC(=O)c1ccccc1.NCCCC[C@H](N)C(=O)O.[Cu]. The van der Waals surface area contributed by atoms with Crippen LogP contribution in [0.1, 0.15) is 29.6 Å². The molecule has 0 fully saturated rings. The van der Waals surface area contributed by atoms with Crippen LogP contribution < -0.4 is 17.2 Å². The topological polar surface area (TPSA) is 132 Å². The first kappa shape index (κ1) is 20.9. The molecule has 1 rings (SSSR count). The fourth-order valence-corrected chi connectivity index (χ4v) is 1.23. The number of amides is 1. The predicted octanol–water partition coefficient (Wildman–Crippen LogP) is 0.310. The molecule has 0 unspecified atom stereocenters. The minimum Gasteiger partial charge on any atom is -0.480 e. The van der Waals surface area contributed by atoms with Crippen molar-refractivity contribution in [2.75, 3.05) is 6.54 Å². The summed E-state index contributed by atoms with van der Waals surface area (Å²) in [6, 6.07) is 8.05. The molecular formula is C13H21CuN3O3. The van der Waals surface area contributed by atoms with E-state index >= 15 is 0 Å². The van der Waals surface area contributed by atoms with Crippen molar-refractivity contribution < 1.29 is 31.8 Å². The van der Waals surface area contributed by atoms with Crippen LogP contribution in [0.2, 0.25) is 0 Å². The van der Waals surface area contributed by atoms with Crippen molar-refractivity contribution in [1.29, 1.82) is 0 Å². The molecule has 117 valence electrons. The number of carboxylic acids is 1. The first-order chi connectivity index (χ1) is 8.99. The van der Waals surface area contributed by atoms with Crippen LogP contribution in [-0.2, 0) is 21.9 Å². The Hall–Kier alpha value is -1.40. The molecular weight excluding hydrogens is 310 g/mol. The number of unbranched alkanes of at least 4 members (excludes halogenated alkanes) is 1. The van der Waals surface area contributed by atoms with E-state index in [0.717, 1.165) is 12.8 Å². The molecule has 1 aromatic rings. The molecule has 1 atom stereocenters. The van der Waals surface area contributed by atoms with E-state index in [0.29, 0.717) is 18.5 Å². The Kier molecular flexibility index (Phi) is 13.2. The summed E-state index contributed by atoms with van der Waals surface area (Å²) in [6.07, 6.45) is 2.16. The fourth-order valence-electron chi connectivity index (χ4n) is 1.23. The molecule has 7 N–H and O–H groups in total. The number of hydrogen-bond acceptors (Lipinski definition) is 4. The van der Waals surface area contributed by atoms with E-state index in [9.17, 15) is 9.59 Å². The molecule has 1 amide bonds. The van der Waals surface area contributed by atoms with Crippen LogP contribution >= 0.6 is 0 Å². The molecule has 0 aliphatic heterocycles. The van der Waals surface area contributed by atoms with E-state index in [-0.39, 0.29) is 23.0 Å². The molecule has 0 saturated heterocycles. The zero-order chi connectivity index (χ0) is 14.7. The fraction of sp³-hybridized carbons (Fsp3) is 0.385. The van der Waals surface area contributed by atoms with Gasteiger partial charge in [0.05, 0.1) is 0 Å². The number of carboxylic acid groups (broad SMARTS) is 1. The first-order valence-electron chi connectivity index (χ1n) is 6.02. The van der Waals surface area contributed by atoms with Crippen molar-refractivity contribution in [3.8, 4) is 0 Å². The van der Waals surface area contributed by atoms with Gasteiger partial charge in [0.25, 0.3) is 0 Å². The zero-order valence-corrected chi connectivity index (χ0v) is 12.0. The molecule has 1 radical (unpaired) electrons. The maximum atomic E-state index is 10.4. The van der Waals surface area contributed by atoms with Gasteiger partial charge in [-0.2, -0.15) is 0 Å². The molecule has 6 nitrogen and oxygen atoms in total. The second-order valence-electron chi connectivity index (χ2n) is 3.96. The van der Waals surface area contributed by atoms with Crippen LogP contribution in [0.25, 0.3) is 0 Å². The summed E-state index contributed by atoms with van der Waals surface area (Å²) in [7, 11) is 0. The number of primary amides is 1. The van der Waals surface area contributed by atoms with Gasteiger partial charge in [-0.25, -0.2) is 0 Å². The normalized spacial score (nSPS) is 10.5. The van der Waals surface area contributed by atoms with Crippen molar-refractivity contribution in [1.82, 2.24) is 0 Å². The van der Waals surface area contributed by atoms with Crippen LogP contribution in [0.4, 0.5) is 0 Å². The average molecular weight is 331 g/mol. The number of benzene rings is 1. The van der Waals surface area contributed by atoms with Crippen LogP contribution in [0.5, 0.6) is 0 Å². The van der Waals surface area contributed by atoms with E-state index in [1.807, 2.05) is 6.07 Å². The molecule has 0 aromatic heterocycles. The Morgan fingerprint density at radius 3 is 2.05 bits per heavy atom. The van der Waals surface area contributed by atoms with Gasteiger partial charge >= 0.3 is 5.97 Å². The van der Waals surface area contributed by atoms with E-state index in [1.165, 1.54) is 0 Å². The van der Waals surface area contributed by atoms with E-state index in [1.54, 1.807) is 24.3 Å². The number of carbonyl (C=O) groups is 2. The quantitative estimate of drug-likeness (QED) is 0.440. The van der Waals surface area contributed by atoms with Crippen LogP contribution in [-0.4, -0.2) is 29.6 Å². The smallest absolute Gasteiger partial charge is 0.320 e. The second-order valence-corrected chi connectivity index (χ2v) is 3.96. The molecule has 0 saturated carbocycles. The summed E-state index contributed by atoms with van der Waals surface area (Å²) in [6.45, 7) is 0.604. The maximum Gasteiger partial charge on any atom is 0.320 e. The third-order valence-corrected chi connectivity index (χ3v) is 2.34. The molecule has 0 aliphatic rings. The largest absolute Gasteiger partial charge is 0.480 e. The molecule has 0 bridgehead atoms. The van der Waals surface area contributed by atoms with Crippen molar-refractivity contribution in [2.45, 2.75) is 25.3 Å². The van der Waals surface area contributed by atoms with Gasteiger partial charge in [-0.3, -0.25) is 9.59 Å².